The third kappa shape index (κ3) is 4.42. The van der Waals surface area contributed by atoms with E-state index in [9.17, 15) is 9.18 Å². The molecular formula is C18H15ClFN3O2S. The lowest BCUT2D eigenvalue weighted by molar-refractivity contribution is -0.115. The molecule has 0 unspecified atom stereocenters. The van der Waals surface area contributed by atoms with Gasteiger partial charge in [0.25, 0.3) is 5.22 Å². The van der Waals surface area contributed by atoms with Crippen molar-refractivity contribution < 1.29 is 13.6 Å². The molecule has 0 saturated carbocycles. The fourth-order valence-electron chi connectivity index (χ4n) is 2.18. The Balaban J connectivity index is 1.66. The standard InChI is InChI=1S/C18H15ClFN3O2S/c1-10-4-3-5-12(8-10)17-22-23-18(25-17)26-11(2)16(24)21-15-7-6-13(19)9-14(15)20/h3-9,11H,1-2H3,(H,21,24)/t11-/m1/s1. The van der Waals surface area contributed by atoms with Gasteiger partial charge in [0.15, 0.2) is 0 Å². The van der Waals surface area contributed by atoms with Crippen molar-refractivity contribution in [2.45, 2.75) is 24.3 Å². The molecule has 0 spiro atoms. The molecule has 26 heavy (non-hydrogen) atoms. The van der Waals surface area contributed by atoms with Crippen molar-refractivity contribution in [3.8, 4) is 11.5 Å². The molecule has 0 saturated heterocycles. The van der Waals surface area contributed by atoms with E-state index in [1.54, 1.807) is 6.92 Å². The number of nitrogens with zero attached hydrogens (tertiary/aromatic N) is 2. The van der Waals surface area contributed by atoms with Gasteiger partial charge in [-0.25, -0.2) is 4.39 Å². The zero-order chi connectivity index (χ0) is 18.7. The van der Waals surface area contributed by atoms with Crippen LogP contribution >= 0.6 is 23.4 Å². The second-order valence-electron chi connectivity index (χ2n) is 5.62. The maximum absolute atomic E-state index is 13.8. The summed E-state index contributed by atoms with van der Waals surface area (Å²) >= 11 is 6.80. The summed E-state index contributed by atoms with van der Waals surface area (Å²) in [5.41, 5.74) is 1.95. The van der Waals surface area contributed by atoms with E-state index in [2.05, 4.69) is 15.5 Å². The highest BCUT2D eigenvalue weighted by Gasteiger charge is 2.20. The molecule has 8 heteroatoms. The zero-order valence-corrected chi connectivity index (χ0v) is 15.6. The van der Waals surface area contributed by atoms with Crippen molar-refractivity contribution >= 4 is 35.0 Å². The average Bonchev–Trinajstić information content (AvgIpc) is 3.06. The molecule has 1 atom stereocenters. The van der Waals surface area contributed by atoms with Crippen LogP contribution < -0.4 is 5.32 Å². The number of carbonyl (C=O) groups is 1. The second kappa shape index (κ2) is 7.88. The average molecular weight is 392 g/mol. The van der Waals surface area contributed by atoms with Gasteiger partial charge in [-0.05, 0) is 44.2 Å². The van der Waals surface area contributed by atoms with Gasteiger partial charge in [-0.1, -0.05) is 41.1 Å². The summed E-state index contributed by atoms with van der Waals surface area (Å²) in [6.07, 6.45) is 0. The number of anilines is 1. The molecular weight excluding hydrogens is 377 g/mol. The van der Waals surface area contributed by atoms with Crippen LogP contribution in [0.15, 0.2) is 52.1 Å². The maximum Gasteiger partial charge on any atom is 0.277 e. The van der Waals surface area contributed by atoms with Gasteiger partial charge >= 0.3 is 0 Å². The number of rotatable bonds is 5. The van der Waals surface area contributed by atoms with Crippen molar-refractivity contribution in [3.05, 3.63) is 58.9 Å². The molecule has 2 aromatic carbocycles. The van der Waals surface area contributed by atoms with E-state index in [0.29, 0.717) is 5.89 Å². The third-order valence-electron chi connectivity index (χ3n) is 3.51. The Morgan fingerprint density at radius 3 is 2.81 bits per heavy atom. The topological polar surface area (TPSA) is 68.0 Å². The predicted octanol–water partition coefficient (Wildman–Crippen LogP) is 4.96. The summed E-state index contributed by atoms with van der Waals surface area (Å²) in [5.74, 6) is -0.596. The SMILES string of the molecule is Cc1cccc(-c2nnc(S[C@H](C)C(=O)Nc3ccc(Cl)cc3F)o2)c1. The van der Waals surface area contributed by atoms with Crippen LogP contribution in [0.2, 0.25) is 5.02 Å². The Kier molecular flexibility index (Phi) is 5.58. The molecule has 0 fully saturated rings. The Hall–Kier alpha value is -2.38. The van der Waals surface area contributed by atoms with E-state index in [-0.39, 0.29) is 21.8 Å². The molecule has 5 nitrogen and oxygen atoms in total. The first-order chi connectivity index (χ1) is 12.4. The lowest BCUT2D eigenvalue weighted by Crippen LogP contribution is -2.23. The molecule has 3 rings (SSSR count). The van der Waals surface area contributed by atoms with Gasteiger partial charge < -0.3 is 9.73 Å². The van der Waals surface area contributed by atoms with Crippen LogP contribution in [0.3, 0.4) is 0 Å². The summed E-state index contributed by atoms with van der Waals surface area (Å²) < 4.78 is 19.4. The van der Waals surface area contributed by atoms with Crippen LogP contribution in [0.5, 0.6) is 0 Å². The smallest absolute Gasteiger partial charge is 0.277 e. The molecule has 1 amide bonds. The molecule has 1 aromatic heterocycles. The van der Waals surface area contributed by atoms with Gasteiger partial charge in [-0.3, -0.25) is 4.79 Å². The van der Waals surface area contributed by atoms with Crippen LogP contribution in [-0.4, -0.2) is 21.4 Å². The lowest BCUT2D eigenvalue weighted by Gasteiger charge is -2.10. The maximum atomic E-state index is 13.8. The predicted molar refractivity (Wildman–Crippen MR) is 99.8 cm³/mol. The second-order valence-corrected chi connectivity index (χ2v) is 7.34. The minimum Gasteiger partial charge on any atom is -0.411 e. The number of hydrogen-bond donors (Lipinski definition) is 1. The molecule has 0 radical (unpaired) electrons. The Morgan fingerprint density at radius 1 is 1.27 bits per heavy atom. The molecule has 134 valence electrons. The first kappa shape index (κ1) is 18.4. The largest absolute Gasteiger partial charge is 0.411 e. The highest BCUT2D eigenvalue weighted by molar-refractivity contribution is 8.00. The van der Waals surface area contributed by atoms with Gasteiger partial charge in [0, 0.05) is 10.6 Å². The minimum atomic E-state index is -0.595. The van der Waals surface area contributed by atoms with E-state index in [1.165, 1.54) is 12.1 Å². The van der Waals surface area contributed by atoms with Crippen molar-refractivity contribution in [3.63, 3.8) is 0 Å². The van der Waals surface area contributed by atoms with Crippen LogP contribution in [0, 0.1) is 12.7 Å². The van der Waals surface area contributed by atoms with Crippen LogP contribution in [0.4, 0.5) is 10.1 Å². The zero-order valence-electron chi connectivity index (χ0n) is 14.0. The summed E-state index contributed by atoms with van der Waals surface area (Å²) in [7, 11) is 0. The van der Waals surface area contributed by atoms with Crippen LogP contribution in [0.25, 0.3) is 11.5 Å². The number of hydrogen-bond acceptors (Lipinski definition) is 5. The monoisotopic (exact) mass is 391 g/mol. The van der Waals surface area contributed by atoms with Crippen molar-refractivity contribution in [1.29, 1.82) is 0 Å². The van der Waals surface area contributed by atoms with Crippen molar-refractivity contribution in [1.82, 2.24) is 10.2 Å². The first-order valence-electron chi connectivity index (χ1n) is 7.75. The first-order valence-corrected chi connectivity index (χ1v) is 9.01. The molecule has 1 N–H and O–H groups in total. The number of thioether (sulfide) groups is 1. The van der Waals surface area contributed by atoms with E-state index in [4.69, 9.17) is 16.0 Å². The lowest BCUT2D eigenvalue weighted by atomic mass is 10.1. The van der Waals surface area contributed by atoms with Crippen LogP contribution in [-0.2, 0) is 4.79 Å². The summed E-state index contributed by atoms with van der Waals surface area (Å²) in [6, 6.07) is 11.7. The normalized spacial score (nSPS) is 12.0. The molecule has 3 aromatic rings. The Morgan fingerprint density at radius 2 is 2.08 bits per heavy atom. The molecule has 0 bridgehead atoms. The van der Waals surface area contributed by atoms with Gasteiger partial charge in [-0.2, -0.15) is 0 Å². The molecule has 0 aliphatic heterocycles. The number of aromatic nitrogens is 2. The molecule has 1 heterocycles. The summed E-state index contributed by atoms with van der Waals surface area (Å²) in [5, 5.41) is 10.4. The van der Waals surface area contributed by atoms with Gasteiger partial charge in [0.2, 0.25) is 11.8 Å². The summed E-state index contributed by atoms with van der Waals surface area (Å²) in [6.45, 7) is 3.64. The fourth-order valence-corrected chi connectivity index (χ4v) is 3.02. The number of benzene rings is 2. The molecule has 0 aliphatic carbocycles. The molecule has 0 aliphatic rings. The van der Waals surface area contributed by atoms with E-state index < -0.39 is 11.1 Å². The van der Waals surface area contributed by atoms with Gasteiger partial charge in [-0.15, -0.1) is 10.2 Å². The van der Waals surface area contributed by atoms with Crippen LogP contribution in [0.1, 0.15) is 12.5 Å². The quantitative estimate of drug-likeness (QED) is 0.623. The Bertz CT molecular complexity index is 948. The third-order valence-corrected chi connectivity index (χ3v) is 4.68. The fraction of sp³-hybridized carbons (Fsp3) is 0.167. The number of nitrogens with one attached hydrogen (secondary N) is 1. The minimum absolute atomic E-state index is 0.0674. The van der Waals surface area contributed by atoms with Gasteiger partial charge in [0.05, 0.1) is 10.9 Å². The number of aryl methyl sites for hydroxylation is 1. The highest BCUT2D eigenvalue weighted by Crippen LogP contribution is 2.27. The van der Waals surface area contributed by atoms with E-state index >= 15 is 0 Å². The van der Waals surface area contributed by atoms with E-state index in [0.717, 1.165) is 29.0 Å². The highest BCUT2D eigenvalue weighted by atomic mass is 35.5. The van der Waals surface area contributed by atoms with Crippen molar-refractivity contribution in [2.75, 3.05) is 5.32 Å². The van der Waals surface area contributed by atoms with E-state index in [1.807, 2.05) is 31.2 Å². The Labute approximate surface area is 159 Å². The summed E-state index contributed by atoms with van der Waals surface area (Å²) in [4.78, 5) is 12.3. The number of amides is 1. The number of carbonyl (C=O) groups excluding carboxylic acids is 1. The van der Waals surface area contributed by atoms with Crippen molar-refractivity contribution in [2.24, 2.45) is 0 Å². The number of halogens is 2. The van der Waals surface area contributed by atoms with Gasteiger partial charge in [0.1, 0.15) is 5.82 Å².